The van der Waals surface area contributed by atoms with Crippen LogP contribution < -0.4 is 10.6 Å². The Hall–Kier alpha value is -2.34. The minimum atomic E-state index is 0.0529. The van der Waals surface area contributed by atoms with Crippen molar-refractivity contribution in [3.05, 3.63) is 52.7 Å². The van der Waals surface area contributed by atoms with Crippen LogP contribution in [0.25, 0.3) is 0 Å². The van der Waals surface area contributed by atoms with Crippen LogP contribution in [-0.4, -0.2) is 37.7 Å². The van der Waals surface area contributed by atoms with Gasteiger partial charge in [0.05, 0.1) is 12.2 Å². The molecule has 1 aliphatic heterocycles. The maximum Gasteiger partial charge on any atom is 0.214 e. The van der Waals surface area contributed by atoms with Crippen molar-refractivity contribution in [1.82, 2.24) is 15.6 Å². The van der Waals surface area contributed by atoms with E-state index in [1.165, 1.54) is 11.1 Å². The number of aliphatic imine (C=N–C) groups is 1. The predicted octanol–water partition coefficient (Wildman–Crippen LogP) is 3.01. The average Bonchev–Trinajstić information content (AvgIpc) is 3.00. The Balaban J connectivity index is 1.67. The number of rotatable bonds is 5. The molecule has 0 aliphatic carbocycles. The van der Waals surface area contributed by atoms with E-state index in [1.54, 1.807) is 7.05 Å². The molecule has 1 aromatic heterocycles. The van der Waals surface area contributed by atoms with Gasteiger partial charge in [0.15, 0.2) is 5.96 Å². The van der Waals surface area contributed by atoms with E-state index in [0.717, 1.165) is 50.0 Å². The zero-order valence-electron chi connectivity index (χ0n) is 16.8. The van der Waals surface area contributed by atoms with Gasteiger partial charge in [0.25, 0.3) is 0 Å². The van der Waals surface area contributed by atoms with E-state index in [4.69, 9.17) is 9.15 Å². The third-order valence-corrected chi connectivity index (χ3v) is 5.46. The van der Waals surface area contributed by atoms with Crippen LogP contribution in [0.4, 0.5) is 0 Å². The molecule has 6 nitrogen and oxygen atoms in total. The van der Waals surface area contributed by atoms with Gasteiger partial charge in [-0.2, -0.15) is 0 Å². The van der Waals surface area contributed by atoms with Gasteiger partial charge in [-0.05, 0) is 44.7 Å². The molecule has 0 unspecified atom stereocenters. The Morgan fingerprint density at radius 3 is 2.52 bits per heavy atom. The highest BCUT2D eigenvalue weighted by Crippen LogP contribution is 2.36. The van der Waals surface area contributed by atoms with Crippen molar-refractivity contribution in [1.29, 1.82) is 0 Å². The van der Waals surface area contributed by atoms with Gasteiger partial charge in [0.2, 0.25) is 5.89 Å². The van der Waals surface area contributed by atoms with Crippen LogP contribution in [-0.2, 0) is 16.7 Å². The highest BCUT2D eigenvalue weighted by molar-refractivity contribution is 5.79. The summed E-state index contributed by atoms with van der Waals surface area (Å²) in [6.07, 6.45) is 2.00. The third kappa shape index (κ3) is 4.50. The minimum absolute atomic E-state index is 0.0529. The Morgan fingerprint density at radius 2 is 1.89 bits per heavy atom. The molecule has 0 saturated carbocycles. The molecular weight excluding hydrogens is 340 g/mol. The first-order valence-corrected chi connectivity index (χ1v) is 9.55. The van der Waals surface area contributed by atoms with Crippen molar-refractivity contribution < 1.29 is 9.15 Å². The standard InChI is InChI=1S/C21H30N4O2/c1-15-7-5-6-8-18(15)21(9-11-26-12-10-21)14-24-20(22-4)23-13-19-25-16(2)17(3)27-19/h5-8H,9-14H2,1-4H3,(H2,22,23,24). The van der Waals surface area contributed by atoms with Gasteiger partial charge in [-0.1, -0.05) is 24.3 Å². The molecule has 0 amide bonds. The summed E-state index contributed by atoms with van der Waals surface area (Å²) >= 11 is 0. The molecule has 0 atom stereocenters. The second kappa shape index (κ2) is 8.57. The fourth-order valence-corrected chi connectivity index (χ4v) is 3.72. The summed E-state index contributed by atoms with van der Waals surface area (Å²) in [6, 6.07) is 8.66. The Kier molecular flexibility index (Phi) is 6.16. The van der Waals surface area contributed by atoms with E-state index in [0.29, 0.717) is 12.4 Å². The number of guanidine groups is 1. The second-order valence-corrected chi connectivity index (χ2v) is 7.24. The van der Waals surface area contributed by atoms with Gasteiger partial charge in [-0.15, -0.1) is 0 Å². The monoisotopic (exact) mass is 370 g/mol. The number of ether oxygens (including phenoxy) is 1. The van der Waals surface area contributed by atoms with Crippen molar-refractivity contribution in [2.24, 2.45) is 4.99 Å². The molecule has 0 radical (unpaired) electrons. The van der Waals surface area contributed by atoms with Crippen LogP contribution in [0.3, 0.4) is 0 Å². The van der Waals surface area contributed by atoms with Crippen molar-refractivity contribution in [3.63, 3.8) is 0 Å². The van der Waals surface area contributed by atoms with Crippen LogP contribution in [0.5, 0.6) is 0 Å². The van der Waals surface area contributed by atoms with Crippen LogP contribution in [0, 0.1) is 20.8 Å². The van der Waals surface area contributed by atoms with Gasteiger partial charge in [-0.3, -0.25) is 4.99 Å². The number of benzene rings is 1. The Morgan fingerprint density at radius 1 is 1.15 bits per heavy atom. The number of nitrogens with one attached hydrogen (secondary N) is 2. The second-order valence-electron chi connectivity index (χ2n) is 7.24. The van der Waals surface area contributed by atoms with E-state index in [-0.39, 0.29) is 5.41 Å². The summed E-state index contributed by atoms with van der Waals surface area (Å²) in [5.41, 5.74) is 3.71. The van der Waals surface area contributed by atoms with Crippen molar-refractivity contribution in [2.45, 2.75) is 45.6 Å². The Labute approximate surface area is 161 Å². The molecular formula is C21H30N4O2. The molecule has 2 heterocycles. The smallest absolute Gasteiger partial charge is 0.214 e. The van der Waals surface area contributed by atoms with Crippen molar-refractivity contribution in [3.8, 4) is 0 Å². The lowest BCUT2D eigenvalue weighted by Gasteiger charge is -2.39. The summed E-state index contributed by atoms with van der Waals surface area (Å²) in [4.78, 5) is 8.77. The predicted molar refractivity (Wildman–Crippen MR) is 107 cm³/mol. The summed E-state index contributed by atoms with van der Waals surface area (Å²) in [5, 5.41) is 6.81. The number of oxazole rings is 1. The van der Waals surface area contributed by atoms with Gasteiger partial charge in [0, 0.05) is 32.2 Å². The molecule has 2 aromatic rings. The lowest BCUT2D eigenvalue weighted by Crippen LogP contribution is -2.48. The third-order valence-electron chi connectivity index (χ3n) is 5.46. The van der Waals surface area contributed by atoms with E-state index in [1.807, 2.05) is 13.8 Å². The summed E-state index contributed by atoms with van der Waals surface area (Å²) in [7, 11) is 1.78. The maximum absolute atomic E-state index is 5.64. The van der Waals surface area contributed by atoms with E-state index in [2.05, 4.69) is 51.8 Å². The SMILES string of the molecule is CN=C(NCc1nc(C)c(C)o1)NCC1(c2ccccc2C)CCOCC1. The number of nitrogens with zero attached hydrogens (tertiary/aromatic N) is 2. The molecule has 1 aromatic carbocycles. The molecule has 1 fully saturated rings. The Bertz CT molecular complexity index is 772. The highest BCUT2D eigenvalue weighted by atomic mass is 16.5. The quantitative estimate of drug-likeness (QED) is 0.625. The molecule has 1 aliphatic rings. The molecule has 2 N–H and O–H groups in total. The molecule has 6 heteroatoms. The first-order chi connectivity index (χ1) is 13.0. The first kappa shape index (κ1) is 19.4. The molecule has 0 bridgehead atoms. The molecule has 1 saturated heterocycles. The lowest BCUT2D eigenvalue weighted by atomic mass is 9.72. The number of aromatic nitrogens is 1. The fourth-order valence-electron chi connectivity index (χ4n) is 3.72. The molecule has 146 valence electrons. The topological polar surface area (TPSA) is 71.7 Å². The molecule has 27 heavy (non-hydrogen) atoms. The number of aryl methyl sites for hydroxylation is 3. The zero-order valence-corrected chi connectivity index (χ0v) is 16.8. The van der Waals surface area contributed by atoms with Gasteiger partial charge >= 0.3 is 0 Å². The zero-order chi connectivity index (χ0) is 19.3. The maximum atomic E-state index is 5.64. The van der Waals surface area contributed by atoms with Crippen LogP contribution in [0.2, 0.25) is 0 Å². The largest absolute Gasteiger partial charge is 0.444 e. The van der Waals surface area contributed by atoms with Crippen LogP contribution >= 0.6 is 0 Å². The van der Waals surface area contributed by atoms with Crippen LogP contribution in [0.15, 0.2) is 33.7 Å². The van der Waals surface area contributed by atoms with E-state index in [9.17, 15) is 0 Å². The van der Waals surface area contributed by atoms with Gasteiger partial charge in [-0.25, -0.2) is 4.98 Å². The lowest BCUT2D eigenvalue weighted by molar-refractivity contribution is 0.0512. The molecule has 0 spiro atoms. The fraction of sp³-hybridized carbons (Fsp3) is 0.524. The first-order valence-electron chi connectivity index (χ1n) is 9.55. The van der Waals surface area contributed by atoms with Gasteiger partial charge < -0.3 is 19.8 Å². The number of hydrogen-bond acceptors (Lipinski definition) is 4. The van der Waals surface area contributed by atoms with E-state index < -0.39 is 0 Å². The minimum Gasteiger partial charge on any atom is -0.444 e. The van der Waals surface area contributed by atoms with E-state index >= 15 is 0 Å². The van der Waals surface area contributed by atoms with Crippen LogP contribution in [0.1, 0.15) is 41.3 Å². The average molecular weight is 370 g/mol. The van der Waals surface area contributed by atoms with Crippen molar-refractivity contribution in [2.75, 3.05) is 26.8 Å². The summed E-state index contributed by atoms with van der Waals surface area (Å²) in [5.74, 6) is 2.28. The van der Waals surface area contributed by atoms with Crippen molar-refractivity contribution >= 4 is 5.96 Å². The highest BCUT2D eigenvalue weighted by Gasteiger charge is 2.35. The summed E-state index contributed by atoms with van der Waals surface area (Å²) < 4.78 is 11.3. The number of hydrogen-bond donors (Lipinski definition) is 2. The summed E-state index contributed by atoms with van der Waals surface area (Å²) in [6.45, 7) is 8.96. The molecule has 3 rings (SSSR count). The van der Waals surface area contributed by atoms with Gasteiger partial charge in [0.1, 0.15) is 5.76 Å². The normalized spacial score (nSPS) is 17.0.